The molecular weight excluding hydrogens is 376 g/mol. The summed E-state index contributed by atoms with van der Waals surface area (Å²) in [5, 5.41) is 4.33. The topological polar surface area (TPSA) is 42.0 Å². The van der Waals surface area contributed by atoms with Gasteiger partial charge in [-0.15, -0.1) is 11.3 Å². The Kier molecular flexibility index (Phi) is 4.68. The lowest BCUT2D eigenvalue weighted by Gasteiger charge is -2.10. The first-order chi connectivity index (χ1) is 13.0. The normalized spacial score (nSPS) is 10.9. The third-order valence-electron chi connectivity index (χ3n) is 4.24. The number of hydrogen-bond donors (Lipinski definition) is 1. The molecule has 0 saturated carbocycles. The van der Waals surface area contributed by atoms with Gasteiger partial charge < -0.3 is 5.32 Å². The summed E-state index contributed by atoms with van der Waals surface area (Å²) >= 11 is 7.94. The Hall–Kier alpha value is -2.69. The van der Waals surface area contributed by atoms with Gasteiger partial charge in [-0.3, -0.25) is 4.79 Å². The predicted molar refractivity (Wildman–Crippen MR) is 114 cm³/mol. The second-order valence-corrected chi connectivity index (χ2v) is 7.95. The van der Waals surface area contributed by atoms with E-state index in [0.717, 1.165) is 31.9 Å². The molecule has 4 rings (SSSR count). The zero-order valence-electron chi connectivity index (χ0n) is 14.9. The molecule has 0 aliphatic heterocycles. The summed E-state index contributed by atoms with van der Waals surface area (Å²) in [6.45, 7) is 3.95. The summed E-state index contributed by atoms with van der Waals surface area (Å²) in [4.78, 5) is 17.4. The fourth-order valence-electron chi connectivity index (χ4n) is 3.05. The van der Waals surface area contributed by atoms with Crippen molar-refractivity contribution in [1.82, 2.24) is 4.98 Å². The number of halogens is 1. The van der Waals surface area contributed by atoms with Crippen LogP contribution in [0.3, 0.4) is 0 Å². The minimum atomic E-state index is -0.176. The molecule has 0 bridgehead atoms. The minimum Gasteiger partial charge on any atom is -0.321 e. The Labute approximate surface area is 166 Å². The summed E-state index contributed by atoms with van der Waals surface area (Å²) in [5.74, 6) is -0.176. The van der Waals surface area contributed by atoms with Crippen LogP contribution in [0.15, 0.2) is 60.7 Å². The molecule has 27 heavy (non-hydrogen) atoms. The fraction of sp³-hybridized carbons (Fsp3) is 0.0909. The van der Waals surface area contributed by atoms with Crippen molar-refractivity contribution in [3.8, 4) is 10.6 Å². The number of fused-ring (bicyclic) bond motifs is 1. The number of aromatic nitrogens is 1. The third-order valence-corrected chi connectivity index (χ3v) is 5.65. The number of amides is 1. The van der Waals surface area contributed by atoms with E-state index in [4.69, 9.17) is 11.6 Å². The lowest BCUT2D eigenvalue weighted by atomic mass is 10.1. The van der Waals surface area contributed by atoms with Crippen LogP contribution in [-0.4, -0.2) is 10.9 Å². The number of nitrogens with zero attached hydrogens (tertiary/aromatic N) is 1. The largest absolute Gasteiger partial charge is 0.321 e. The number of nitrogens with one attached hydrogen (secondary N) is 1. The van der Waals surface area contributed by atoms with Gasteiger partial charge in [0, 0.05) is 11.1 Å². The van der Waals surface area contributed by atoms with Crippen molar-refractivity contribution in [1.29, 1.82) is 0 Å². The third kappa shape index (κ3) is 3.72. The van der Waals surface area contributed by atoms with Crippen molar-refractivity contribution in [3.05, 3.63) is 82.4 Å². The quantitative estimate of drug-likeness (QED) is 0.433. The van der Waals surface area contributed by atoms with Gasteiger partial charge in [-0.2, -0.15) is 0 Å². The standard InChI is InChI=1S/C22H17ClN2OS/c1-13-9-14(2)11-16(10-13)21(26)24-19-12-15(7-8-17(19)23)22-25-18-5-3-4-6-20(18)27-22/h3-12H,1-2H3,(H,24,26). The Morgan fingerprint density at radius 3 is 2.48 bits per heavy atom. The van der Waals surface area contributed by atoms with E-state index in [1.807, 2.05) is 62.4 Å². The highest BCUT2D eigenvalue weighted by Gasteiger charge is 2.12. The van der Waals surface area contributed by atoms with Crippen molar-refractivity contribution < 1.29 is 4.79 Å². The van der Waals surface area contributed by atoms with E-state index in [9.17, 15) is 4.79 Å². The molecule has 1 amide bonds. The molecule has 0 fully saturated rings. The Morgan fingerprint density at radius 1 is 1.00 bits per heavy atom. The van der Waals surface area contributed by atoms with Crippen molar-refractivity contribution in [3.63, 3.8) is 0 Å². The van der Waals surface area contributed by atoms with E-state index < -0.39 is 0 Å². The Bertz CT molecular complexity index is 1110. The monoisotopic (exact) mass is 392 g/mol. The maximum atomic E-state index is 12.7. The van der Waals surface area contributed by atoms with Gasteiger partial charge in [0.15, 0.2) is 0 Å². The number of carbonyl (C=O) groups excluding carboxylic acids is 1. The van der Waals surface area contributed by atoms with Crippen LogP contribution in [-0.2, 0) is 0 Å². The van der Waals surface area contributed by atoms with Gasteiger partial charge in [0.2, 0.25) is 0 Å². The van der Waals surface area contributed by atoms with E-state index in [0.29, 0.717) is 16.3 Å². The van der Waals surface area contributed by atoms with Crippen molar-refractivity contribution >= 4 is 44.7 Å². The number of aryl methyl sites for hydroxylation is 2. The van der Waals surface area contributed by atoms with E-state index >= 15 is 0 Å². The molecule has 4 aromatic rings. The van der Waals surface area contributed by atoms with Gasteiger partial charge in [-0.05, 0) is 50.2 Å². The molecule has 3 aromatic carbocycles. The maximum Gasteiger partial charge on any atom is 0.255 e. The molecule has 134 valence electrons. The van der Waals surface area contributed by atoms with Crippen LogP contribution in [0.5, 0.6) is 0 Å². The second-order valence-electron chi connectivity index (χ2n) is 6.51. The summed E-state index contributed by atoms with van der Waals surface area (Å²) in [7, 11) is 0. The fourth-order valence-corrected chi connectivity index (χ4v) is 4.18. The molecule has 1 aromatic heterocycles. The summed E-state index contributed by atoms with van der Waals surface area (Å²) in [6.07, 6.45) is 0. The molecule has 0 atom stereocenters. The highest BCUT2D eigenvalue weighted by Crippen LogP contribution is 2.34. The smallest absolute Gasteiger partial charge is 0.255 e. The number of carbonyl (C=O) groups is 1. The van der Waals surface area contributed by atoms with Crippen molar-refractivity contribution in [2.75, 3.05) is 5.32 Å². The van der Waals surface area contributed by atoms with Gasteiger partial charge in [-0.25, -0.2) is 4.98 Å². The summed E-state index contributed by atoms with van der Waals surface area (Å²) < 4.78 is 1.13. The number of anilines is 1. The Balaban J connectivity index is 1.67. The number of thiazole rings is 1. The molecule has 0 aliphatic rings. The SMILES string of the molecule is Cc1cc(C)cc(C(=O)Nc2cc(-c3nc4ccccc4s3)ccc2Cl)c1. The first-order valence-electron chi connectivity index (χ1n) is 8.55. The van der Waals surface area contributed by atoms with Crippen LogP contribution in [0.4, 0.5) is 5.69 Å². The zero-order valence-corrected chi connectivity index (χ0v) is 16.5. The van der Waals surface area contributed by atoms with Gasteiger partial charge in [-0.1, -0.05) is 47.0 Å². The predicted octanol–water partition coefficient (Wildman–Crippen LogP) is 6.49. The van der Waals surface area contributed by atoms with Crippen LogP contribution in [0, 0.1) is 13.8 Å². The molecule has 0 spiro atoms. The summed E-state index contributed by atoms with van der Waals surface area (Å²) in [5.41, 5.74) is 5.19. The second kappa shape index (κ2) is 7.14. The molecule has 1 heterocycles. The average molecular weight is 393 g/mol. The molecule has 1 N–H and O–H groups in total. The molecule has 0 radical (unpaired) electrons. The highest BCUT2D eigenvalue weighted by molar-refractivity contribution is 7.21. The molecule has 3 nitrogen and oxygen atoms in total. The number of hydrogen-bond acceptors (Lipinski definition) is 3. The van der Waals surface area contributed by atoms with Crippen LogP contribution < -0.4 is 5.32 Å². The van der Waals surface area contributed by atoms with Crippen molar-refractivity contribution in [2.45, 2.75) is 13.8 Å². The summed E-state index contributed by atoms with van der Waals surface area (Å²) in [6, 6.07) is 19.4. The Morgan fingerprint density at radius 2 is 1.74 bits per heavy atom. The number of benzene rings is 3. The molecular formula is C22H17ClN2OS. The van der Waals surface area contributed by atoms with Gasteiger partial charge >= 0.3 is 0 Å². The van der Waals surface area contributed by atoms with Gasteiger partial charge in [0.1, 0.15) is 5.01 Å². The van der Waals surface area contributed by atoms with E-state index in [-0.39, 0.29) is 5.91 Å². The zero-order chi connectivity index (χ0) is 19.0. The maximum absolute atomic E-state index is 12.7. The van der Waals surface area contributed by atoms with Crippen molar-refractivity contribution in [2.24, 2.45) is 0 Å². The first kappa shape index (κ1) is 17.7. The minimum absolute atomic E-state index is 0.176. The van der Waals surface area contributed by atoms with Crippen LogP contribution in [0.1, 0.15) is 21.5 Å². The highest BCUT2D eigenvalue weighted by atomic mass is 35.5. The lowest BCUT2D eigenvalue weighted by molar-refractivity contribution is 0.102. The molecule has 5 heteroatoms. The molecule has 0 unspecified atom stereocenters. The average Bonchev–Trinajstić information content (AvgIpc) is 3.07. The van der Waals surface area contributed by atoms with Crippen LogP contribution in [0.2, 0.25) is 5.02 Å². The molecule has 0 aliphatic carbocycles. The number of rotatable bonds is 3. The van der Waals surface area contributed by atoms with Crippen LogP contribution >= 0.6 is 22.9 Å². The van der Waals surface area contributed by atoms with E-state index in [2.05, 4.69) is 16.4 Å². The van der Waals surface area contributed by atoms with E-state index in [1.54, 1.807) is 17.4 Å². The van der Waals surface area contributed by atoms with Crippen LogP contribution in [0.25, 0.3) is 20.8 Å². The number of para-hydroxylation sites is 1. The van der Waals surface area contributed by atoms with E-state index in [1.165, 1.54) is 0 Å². The van der Waals surface area contributed by atoms with Gasteiger partial charge in [0.25, 0.3) is 5.91 Å². The van der Waals surface area contributed by atoms with Gasteiger partial charge in [0.05, 0.1) is 20.9 Å². The lowest BCUT2D eigenvalue weighted by Crippen LogP contribution is -2.12. The first-order valence-corrected chi connectivity index (χ1v) is 9.74. The molecule has 0 saturated heterocycles.